The van der Waals surface area contributed by atoms with Crippen LogP contribution in [0.1, 0.15) is 15.9 Å². The van der Waals surface area contributed by atoms with E-state index in [1.165, 1.54) is 13.2 Å². The van der Waals surface area contributed by atoms with Crippen LogP contribution < -0.4 is 15.0 Å². The van der Waals surface area contributed by atoms with Crippen LogP contribution in [0.4, 0.5) is 17.1 Å². The first kappa shape index (κ1) is 18.7. The third-order valence-electron chi connectivity index (χ3n) is 4.39. The lowest BCUT2D eigenvalue weighted by Gasteiger charge is -2.28. The quantitative estimate of drug-likeness (QED) is 0.641. The zero-order chi connectivity index (χ0) is 19.4. The van der Waals surface area contributed by atoms with Gasteiger partial charge in [0.15, 0.2) is 0 Å². The molecule has 1 aliphatic heterocycles. The molecule has 0 radical (unpaired) electrons. The molecule has 0 unspecified atom stereocenters. The average molecular weight is 371 g/mol. The van der Waals surface area contributed by atoms with Gasteiger partial charge in [0.05, 0.1) is 30.9 Å². The number of aryl methyl sites for hydroxylation is 1. The van der Waals surface area contributed by atoms with Gasteiger partial charge in [-0.15, -0.1) is 0 Å². The summed E-state index contributed by atoms with van der Waals surface area (Å²) >= 11 is 0. The van der Waals surface area contributed by atoms with Crippen molar-refractivity contribution < 1.29 is 19.2 Å². The molecule has 2 aromatic carbocycles. The van der Waals surface area contributed by atoms with Crippen LogP contribution in [0.3, 0.4) is 0 Å². The number of carbonyl (C=O) groups excluding carboxylic acids is 1. The third kappa shape index (κ3) is 4.17. The highest BCUT2D eigenvalue weighted by atomic mass is 16.6. The second kappa shape index (κ2) is 8.05. The van der Waals surface area contributed by atoms with Gasteiger partial charge in [0, 0.05) is 24.7 Å². The number of hydrogen-bond donors (Lipinski definition) is 1. The zero-order valence-corrected chi connectivity index (χ0v) is 15.2. The molecule has 1 N–H and O–H groups in total. The number of nitro groups is 1. The van der Waals surface area contributed by atoms with Gasteiger partial charge in [-0.25, -0.2) is 0 Å². The lowest BCUT2D eigenvalue weighted by Crippen LogP contribution is -2.36. The Balaban J connectivity index is 1.88. The van der Waals surface area contributed by atoms with Gasteiger partial charge in [-0.05, 0) is 36.8 Å². The van der Waals surface area contributed by atoms with Crippen molar-refractivity contribution >= 4 is 23.0 Å². The number of amides is 1. The molecule has 0 aliphatic carbocycles. The topological polar surface area (TPSA) is 93.9 Å². The molecule has 0 bridgehead atoms. The number of nitro benzene ring substituents is 1. The van der Waals surface area contributed by atoms with Crippen molar-refractivity contribution in [3.05, 3.63) is 57.6 Å². The highest BCUT2D eigenvalue weighted by Gasteiger charge is 2.23. The van der Waals surface area contributed by atoms with Crippen LogP contribution in [0, 0.1) is 17.0 Å². The van der Waals surface area contributed by atoms with E-state index in [0.29, 0.717) is 43.4 Å². The molecular weight excluding hydrogens is 350 g/mol. The van der Waals surface area contributed by atoms with Gasteiger partial charge in [0.2, 0.25) is 0 Å². The van der Waals surface area contributed by atoms with Crippen molar-refractivity contribution in [1.29, 1.82) is 0 Å². The summed E-state index contributed by atoms with van der Waals surface area (Å²) in [4.78, 5) is 25.6. The van der Waals surface area contributed by atoms with Gasteiger partial charge in [-0.1, -0.05) is 6.07 Å². The molecule has 1 amide bonds. The monoisotopic (exact) mass is 371 g/mol. The number of morpholine rings is 1. The van der Waals surface area contributed by atoms with Crippen molar-refractivity contribution in [2.24, 2.45) is 0 Å². The van der Waals surface area contributed by atoms with E-state index in [1.807, 2.05) is 17.9 Å². The number of nitrogens with zero attached hydrogens (tertiary/aromatic N) is 2. The molecule has 1 heterocycles. The van der Waals surface area contributed by atoms with Crippen LogP contribution >= 0.6 is 0 Å². The molecule has 8 heteroatoms. The number of benzene rings is 2. The van der Waals surface area contributed by atoms with Crippen LogP contribution in [0.15, 0.2) is 36.4 Å². The maximum Gasteiger partial charge on any atom is 0.293 e. The van der Waals surface area contributed by atoms with Gasteiger partial charge >= 0.3 is 0 Å². The number of hydrogen-bond acceptors (Lipinski definition) is 6. The standard InChI is InChI=1S/C19H21N3O5/c1-13-3-6-18(26-2)15(11-13)20-19(23)14-4-5-16(17(12-14)22(24)25)21-7-9-27-10-8-21/h3-6,11-12H,7-10H2,1-2H3,(H,20,23). The van der Waals surface area contributed by atoms with Gasteiger partial charge in [-0.3, -0.25) is 14.9 Å². The van der Waals surface area contributed by atoms with E-state index in [-0.39, 0.29) is 11.3 Å². The summed E-state index contributed by atoms with van der Waals surface area (Å²) in [5.74, 6) is 0.0870. The fraction of sp³-hybridized carbons (Fsp3) is 0.316. The van der Waals surface area contributed by atoms with Crippen molar-refractivity contribution in [3.63, 3.8) is 0 Å². The van der Waals surface area contributed by atoms with E-state index < -0.39 is 10.8 Å². The normalized spacial score (nSPS) is 13.9. The lowest BCUT2D eigenvalue weighted by molar-refractivity contribution is -0.384. The Morgan fingerprint density at radius 2 is 1.96 bits per heavy atom. The fourth-order valence-corrected chi connectivity index (χ4v) is 3.00. The first-order valence-electron chi connectivity index (χ1n) is 8.56. The number of methoxy groups -OCH3 is 1. The lowest BCUT2D eigenvalue weighted by atomic mass is 10.1. The van der Waals surface area contributed by atoms with Crippen molar-refractivity contribution in [2.45, 2.75) is 6.92 Å². The molecule has 142 valence electrons. The molecule has 0 aromatic heterocycles. The first-order chi connectivity index (χ1) is 13.0. The summed E-state index contributed by atoms with van der Waals surface area (Å²) in [6.07, 6.45) is 0. The van der Waals surface area contributed by atoms with E-state index in [0.717, 1.165) is 5.56 Å². The first-order valence-corrected chi connectivity index (χ1v) is 8.56. The van der Waals surface area contributed by atoms with Gasteiger partial charge in [0.25, 0.3) is 11.6 Å². The number of carbonyl (C=O) groups is 1. The number of rotatable bonds is 5. The van der Waals surface area contributed by atoms with Crippen molar-refractivity contribution in [2.75, 3.05) is 43.6 Å². The Bertz CT molecular complexity index is 862. The van der Waals surface area contributed by atoms with Gasteiger partial charge < -0.3 is 19.7 Å². The predicted octanol–water partition coefficient (Wildman–Crippen LogP) is 3.00. The molecule has 27 heavy (non-hydrogen) atoms. The minimum atomic E-state index is -0.463. The highest BCUT2D eigenvalue weighted by molar-refractivity contribution is 6.05. The van der Waals surface area contributed by atoms with Crippen molar-refractivity contribution in [1.82, 2.24) is 0 Å². The second-order valence-electron chi connectivity index (χ2n) is 6.22. The molecule has 0 atom stereocenters. The van der Waals surface area contributed by atoms with E-state index >= 15 is 0 Å². The van der Waals surface area contributed by atoms with E-state index in [9.17, 15) is 14.9 Å². The highest BCUT2D eigenvalue weighted by Crippen LogP contribution is 2.31. The van der Waals surface area contributed by atoms with Crippen LogP contribution in [0.2, 0.25) is 0 Å². The van der Waals surface area contributed by atoms with Gasteiger partial charge in [0.1, 0.15) is 11.4 Å². The second-order valence-corrected chi connectivity index (χ2v) is 6.22. The molecule has 1 saturated heterocycles. The summed E-state index contributed by atoms with van der Waals surface area (Å²) in [7, 11) is 1.52. The average Bonchev–Trinajstić information content (AvgIpc) is 2.68. The molecule has 0 saturated carbocycles. The molecule has 1 aliphatic rings. The molecule has 2 aromatic rings. The van der Waals surface area contributed by atoms with Crippen LogP contribution in [-0.2, 0) is 4.74 Å². The Morgan fingerprint density at radius 3 is 2.63 bits per heavy atom. The number of ether oxygens (including phenoxy) is 2. The van der Waals surface area contributed by atoms with E-state index in [4.69, 9.17) is 9.47 Å². The molecule has 1 fully saturated rings. The van der Waals surface area contributed by atoms with Crippen LogP contribution in [-0.4, -0.2) is 44.2 Å². The minimum absolute atomic E-state index is 0.0965. The number of anilines is 2. The largest absolute Gasteiger partial charge is 0.495 e. The summed E-state index contributed by atoms with van der Waals surface area (Å²) in [5, 5.41) is 14.3. The summed E-state index contributed by atoms with van der Waals surface area (Å²) in [6.45, 7) is 4.09. The Morgan fingerprint density at radius 1 is 1.22 bits per heavy atom. The maximum absolute atomic E-state index is 12.6. The summed E-state index contributed by atoms with van der Waals surface area (Å²) in [6, 6.07) is 9.93. The smallest absolute Gasteiger partial charge is 0.293 e. The summed E-state index contributed by atoms with van der Waals surface area (Å²) < 4.78 is 10.5. The fourth-order valence-electron chi connectivity index (χ4n) is 3.00. The molecule has 3 rings (SSSR count). The van der Waals surface area contributed by atoms with Crippen LogP contribution in [0.25, 0.3) is 0 Å². The SMILES string of the molecule is COc1ccc(C)cc1NC(=O)c1ccc(N2CCOCC2)c([N+](=O)[O-])c1. The van der Waals surface area contributed by atoms with Crippen LogP contribution in [0.5, 0.6) is 5.75 Å². The summed E-state index contributed by atoms with van der Waals surface area (Å²) in [5.41, 5.74) is 2.08. The van der Waals surface area contributed by atoms with E-state index in [2.05, 4.69) is 5.32 Å². The Hall–Kier alpha value is -3.13. The minimum Gasteiger partial charge on any atom is -0.495 e. The predicted molar refractivity (Wildman–Crippen MR) is 102 cm³/mol. The zero-order valence-electron chi connectivity index (χ0n) is 15.2. The Kier molecular flexibility index (Phi) is 5.56. The number of nitrogens with one attached hydrogen (secondary N) is 1. The molecule has 0 spiro atoms. The maximum atomic E-state index is 12.6. The van der Waals surface area contributed by atoms with E-state index in [1.54, 1.807) is 24.3 Å². The van der Waals surface area contributed by atoms with Gasteiger partial charge in [-0.2, -0.15) is 0 Å². The Labute approximate surface area is 156 Å². The molecular formula is C19H21N3O5. The van der Waals surface area contributed by atoms with Crippen molar-refractivity contribution in [3.8, 4) is 5.75 Å². The third-order valence-corrected chi connectivity index (χ3v) is 4.39. The molecule has 8 nitrogen and oxygen atoms in total.